The van der Waals surface area contributed by atoms with E-state index in [0.29, 0.717) is 18.2 Å². The summed E-state index contributed by atoms with van der Waals surface area (Å²) < 4.78 is 15.3. The van der Waals surface area contributed by atoms with Gasteiger partial charge < -0.3 is 8.83 Å². The number of hydrogen-bond donors (Lipinski definition) is 0. The van der Waals surface area contributed by atoms with Gasteiger partial charge >= 0.3 is 0 Å². The van der Waals surface area contributed by atoms with Gasteiger partial charge in [0.1, 0.15) is 22.3 Å². The largest absolute Gasteiger partial charge is 0.456 e. The Morgan fingerprint density at radius 3 is 2.05 bits per heavy atom. The summed E-state index contributed by atoms with van der Waals surface area (Å²) in [6, 6.07) is 60.8. The summed E-state index contributed by atoms with van der Waals surface area (Å²) >= 11 is 1.82. The van der Waals surface area contributed by atoms with Crippen molar-refractivity contribution in [1.82, 2.24) is 0 Å². The molecule has 5 nitrogen and oxygen atoms in total. The molecule has 3 aromatic heterocycles. The normalized spacial score (nSPS) is 12.5. The number of thiophene rings is 1. The smallest absolute Gasteiger partial charge is 0.161 e. The minimum Gasteiger partial charge on any atom is -0.456 e. The summed E-state index contributed by atoms with van der Waals surface area (Å²) in [5.41, 5.74) is 10.5. The molecule has 0 amide bonds. The molecule has 0 aliphatic carbocycles. The summed E-state index contributed by atoms with van der Waals surface area (Å²) in [6.07, 6.45) is 0. The number of fused-ring (bicyclic) bond motifs is 9. The van der Waals surface area contributed by atoms with E-state index in [9.17, 15) is 0 Å². The van der Waals surface area contributed by atoms with Crippen LogP contribution in [0.3, 0.4) is 0 Å². The lowest BCUT2D eigenvalue weighted by atomic mass is 9.97. The van der Waals surface area contributed by atoms with Crippen LogP contribution in [0.25, 0.3) is 86.3 Å². The van der Waals surface area contributed by atoms with Gasteiger partial charge in [0, 0.05) is 52.8 Å². The van der Waals surface area contributed by atoms with E-state index >= 15 is 0 Å². The highest BCUT2D eigenvalue weighted by Gasteiger charge is 2.19. The van der Waals surface area contributed by atoms with E-state index in [2.05, 4.69) is 139 Å². The number of nitrogens with zero attached hydrogens (tertiary/aromatic N) is 3. The second kappa shape index (κ2) is 14.0. The van der Waals surface area contributed by atoms with Crippen LogP contribution in [0, 0.1) is 0 Å². The molecule has 0 spiro atoms. The Morgan fingerprint density at radius 1 is 0.483 bits per heavy atom. The molecule has 0 radical (unpaired) electrons. The maximum absolute atomic E-state index is 6.48. The fourth-order valence-electron chi connectivity index (χ4n) is 8.13. The molecule has 0 aliphatic heterocycles. The van der Waals surface area contributed by atoms with Crippen LogP contribution >= 0.6 is 11.3 Å². The zero-order chi connectivity index (χ0) is 38.6. The van der Waals surface area contributed by atoms with Gasteiger partial charge in [-0.2, -0.15) is 0 Å². The van der Waals surface area contributed by atoms with Crippen molar-refractivity contribution in [3.8, 4) is 22.3 Å². The maximum atomic E-state index is 6.48. The van der Waals surface area contributed by atoms with Gasteiger partial charge in [-0.1, -0.05) is 127 Å². The van der Waals surface area contributed by atoms with Crippen LogP contribution in [0.1, 0.15) is 16.7 Å². The molecule has 6 heteroatoms. The standard InChI is InChI=1S/C52H33N3O2S/c1-53-52(41-16-9-18-45-49(41)42-29-35(26-28-44(42)56-45)37-15-10-20-48-50(37)40-14-6-8-19-47(40)58-48)55-51(36-25-27-39-38-13-5-7-17-43(38)57-46(39)30-36)54-31-32-21-23-34(24-22-32)33-11-3-2-4-12-33/h2-30H,1,31H2. The van der Waals surface area contributed by atoms with E-state index in [4.69, 9.17) is 18.8 Å². The van der Waals surface area contributed by atoms with Crippen LogP contribution in [-0.2, 0) is 6.54 Å². The number of hydrogen-bond acceptors (Lipinski definition) is 4. The molecular formula is C52H33N3O2S. The highest BCUT2D eigenvalue weighted by Crippen LogP contribution is 2.42. The Hall–Kier alpha value is -7.41. The van der Waals surface area contributed by atoms with E-state index in [-0.39, 0.29) is 0 Å². The van der Waals surface area contributed by atoms with Crippen LogP contribution in [-0.4, -0.2) is 18.4 Å². The SMILES string of the molecule is C=NC(=NC(=NCc1ccc(-c2ccccc2)cc1)c1ccc2c(c1)oc1ccccc12)c1cccc2oc3ccc(-c4cccc5sc6ccccc6c45)cc3c12. The number of para-hydroxylation sites is 1. The molecule has 11 aromatic rings. The fourth-order valence-corrected chi connectivity index (χ4v) is 9.26. The highest BCUT2D eigenvalue weighted by molar-refractivity contribution is 7.25. The van der Waals surface area contributed by atoms with Gasteiger partial charge in [0.05, 0.1) is 6.54 Å². The average Bonchev–Trinajstić information content (AvgIpc) is 3.98. The summed E-state index contributed by atoms with van der Waals surface area (Å²) in [4.78, 5) is 14.9. The topological polar surface area (TPSA) is 63.4 Å². The van der Waals surface area contributed by atoms with E-state index in [1.54, 1.807) is 0 Å². The summed E-state index contributed by atoms with van der Waals surface area (Å²) in [6.45, 7) is 4.45. The molecule has 0 N–H and O–H groups in total. The molecule has 0 unspecified atom stereocenters. The Labute approximate surface area is 337 Å². The maximum Gasteiger partial charge on any atom is 0.161 e. The Kier molecular flexibility index (Phi) is 8.15. The van der Waals surface area contributed by atoms with Gasteiger partial charge in [-0.05, 0) is 83.1 Å². The van der Waals surface area contributed by atoms with Crippen LogP contribution in [0.5, 0.6) is 0 Å². The Balaban J connectivity index is 1.05. The first-order valence-corrected chi connectivity index (χ1v) is 20.0. The molecule has 0 fully saturated rings. The minimum atomic E-state index is 0.418. The van der Waals surface area contributed by atoms with Crippen molar-refractivity contribution in [2.75, 3.05) is 0 Å². The lowest BCUT2D eigenvalue weighted by Gasteiger charge is -2.08. The minimum absolute atomic E-state index is 0.418. The second-order valence-electron chi connectivity index (χ2n) is 14.4. The average molecular weight is 764 g/mol. The van der Waals surface area contributed by atoms with Gasteiger partial charge in [-0.15, -0.1) is 11.3 Å². The van der Waals surface area contributed by atoms with Crippen molar-refractivity contribution < 1.29 is 8.83 Å². The van der Waals surface area contributed by atoms with Crippen molar-refractivity contribution in [1.29, 1.82) is 0 Å². The molecule has 0 saturated carbocycles. The Morgan fingerprint density at radius 2 is 1.17 bits per heavy atom. The third-order valence-electron chi connectivity index (χ3n) is 10.9. The predicted molar refractivity (Wildman–Crippen MR) is 244 cm³/mol. The third-order valence-corrected chi connectivity index (χ3v) is 12.1. The molecule has 8 aromatic carbocycles. The molecule has 3 heterocycles. The van der Waals surface area contributed by atoms with Crippen LogP contribution in [0.2, 0.25) is 0 Å². The molecular weight excluding hydrogens is 731 g/mol. The molecule has 0 aliphatic rings. The van der Waals surface area contributed by atoms with Crippen LogP contribution in [0.4, 0.5) is 0 Å². The predicted octanol–water partition coefficient (Wildman–Crippen LogP) is 14.3. The first-order chi connectivity index (χ1) is 28.7. The van der Waals surface area contributed by atoms with Crippen molar-refractivity contribution in [2.24, 2.45) is 15.0 Å². The first-order valence-electron chi connectivity index (χ1n) is 19.2. The zero-order valence-corrected chi connectivity index (χ0v) is 32.0. The fraction of sp³-hybridized carbons (Fsp3) is 0.0192. The number of aliphatic imine (C=N–C) groups is 3. The van der Waals surface area contributed by atoms with Crippen molar-refractivity contribution in [3.05, 3.63) is 193 Å². The van der Waals surface area contributed by atoms with E-state index in [1.807, 2.05) is 59.9 Å². The van der Waals surface area contributed by atoms with Crippen LogP contribution < -0.4 is 0 Å². The van der Waals surface area contributed by atoms with Crippen LogP contribution in [0.15, 0.2) is 200 Å². The number of rotatable bonds is 6. The summed E-state index contributed by atoms with van der Waals surface area (Å²) in [5, 5.41) is 6.55. The monoisotopic (exact) mass is 763 g/mol. The number of benzene rings is 8. The van der Waals surface area contributed by atoms with Crippen molar-refractivity contribution >= 4 is 93.8 Å². The first kappa shape index (κ1) is 33.9. The Bertz CT molecular complexity index is 3440. The quantitative estimate of drug-likeness (QED) is 0.125. The second-order valence-corrected chi connectivity index (χ2v) is 15.5. The molecule has 11 rings (SSSR count). The highest BCUT2D eigenvalue weighted by atomic mass is 32.1. The molecule has 0 saturated heterocycles. The van der Waals surface area contributed by atoms with Crippen molar-refractivity contribution in [2.45, 2.75) is 6.54 Å². The lowest BCUT2D eigenvalue weighted by molar-refractivity contribution is 0.668. The third kappa shape index (κ3) is 5.81. The van der Waals surface area contributed by atoms with Crippen molar-refractivity contribution in [3.63, 3.8) is 0 Å². The van der Waals surface area contributed by atoms with E-state index in [0.717, 1.165) is 71.7 Å². The molecule has 0 atom stereocenters. The number of amidine groups is 2. The lowest BCUT2D eigenvalue weighted by Crippen LogP contribution is -2.06. The molecule has 0 bridgehead atoms. The van der Waals surface area contributed by atoms with E-state index in [1.165, 1.54) is 31.3 Å². The zero-order valence-electron chi connectivity index (χ0n) is 31.2. The summed E-state index contributed by atoms with van der Waals surface area (Å²) in [5.74, 6) is 0.978. The number of furan rings is 2. The van der Waals surface area contributed by atoms with Gasteiger partial charge in [0.15, 0.2) is 11.7 Å². The van der Waals surface area contributed by atoms with Gasteiger partial charge in [-0.3, -0.25) is 4.99 Å². The molecule has 274 valence electrons. The molecule has 58 heavy (non-hydrogen) atoms. The van der Waals surface area contributed by atoms with Gasteiger partial charge in [0.25, 0.3) is 0 Å². The van der Waals surface area contributed by atoms with Gasteiger partial charge in [0.2, 0.25) is 0 Å². The van der Waals surface area contributed by atoms with E-state index < -0.39 is 0 Å². The summed E-state index contributed by atoms with van der Waals surface area (Å²) in [7, 11) is 0. The van der Waals surface area contributed by atoms with Gasteiger partial charge in [-0.25, -0.2) is 9.98 Å².